The molecule has 0 aliphatic heterocycles. The second-order valence-corrected chi connectivity index (χ2v) is 18.9. The molecule has 2 atom stereocenters. The van der Waals surface area contributed by atoms with Crippen molar-refractivity contribution in [3.05, 3.63) is 24.3 Å². The maximum Gasteiger partial charge on any atom is 2.00 e. The maximum absolute atomic E-state index is 10.7. The quantitative estimate of drug-likeness (QED) is 0.0194. The van der Waals surface area contributed by atoms with Crippen LogP contribution in [-0.2, 0) is 29.2 Å². The normalized spacial score (nSPS) is 13.1. The summed E-state index contributed by atoms with van der Waals surface area (Å²) in [5, 5.41) is 0. The minimum Gasteiger partial charge on any atom is -0.726 e. The zero-order valence-corrected chi connectivity index (χ0v) is 43.0. The van der Waals surface area contributed by atoms with E-state index in [2.05, 4.69) is 48.2 Å². The Morgan fingerprint density at radius 3 is 0.814 bits per heavy atom. The first-order chi connectivity index (χ1) is 28.0. The van der Waals surface area contributed by atoms with Crippen molar-refractivity contribution in [2.24, 2.45) is 11.8 Å². The topological polar surface area (TPSA) is 133 Å². The van der Waals surface area contributed by atoms with Gasteiger partial charge in [-0.15, -0.1) is 0 Å². The van der Waals surface area contributed by atoms with Gasteiger partial charge in [0.1, 0.15) is 0 Å². The Hall–Kier alpha value is 0.480. The Morgan fingerprint density at radius 2 is 0.593 bits per heavy atom. The Labute approximate surface area is 398 Å². The minimum absolute atomic E-state index is 0. The molecule has 348 valence electrons. The van der Waals surface area contributed by atoms with Gasteiger partial charge in [0.05, 0.1) is 13.2 Å². The number of rotatable bonds is 44. The zero-order valence-electron chi connectivity index (χ0n) is 39.1. The average molecular weight is 903 g/mol. The predicted octanol–water partition coefficient (Wildman–Crippen LogP) is 15.0. The molecule has 11 heteroatoms. The Bertz CT molecular complexity index is 1010. The summed E-state index contributed by atoms with van der Waals surface area (Å²) in [6.07, 6.45) is 53.6. The molecule has 0 aliphatic carbocycles. The van der Waals surface area contributed by atoms with Crippen molar-refractivity contribution in [3.8, 4) is 0 Å². The summed E-state index contributed by atoms with van der Waals surface area (Å²) in [5.41, 5.74) is 0. The molecule has 0 fully saturated rings. The molecule has 0 rings (SSSR count). The smallest absolute Gasteiger partial charge is 0.726 e. The van der Waals surface area contributed by atoms with E-state index < -0.39 is 20.8 Å². The van der Waals surface area contributed by atoms with Crippen LogP contribution < -0.4 is 0 Å². The number of hydrogen-bond donors (Lipinski definition) is 0. The van der Waals surface area contributed by atoms with E-state index in [0.29, 0.717) is 0 Å². The molecule has 2 unspecified atom stereocenters. The van der Waals surface area contributed by atoms with Gasteiger partial charge in [0, 0.05) is 11.8 Å². The van der Waals surface area contributed by atoms with Crippen LogP contribution in [0.3, 0.4) is 0 Å². The number of hydrogen-bond acceptors (Lipinski definition) is 8. The fraction of sp³-hybridized carbons (Fsp3) is 0.917. The molecule has 0 saturated carbocycles. The monoisotopic (exact) mass is 903 g/mol. The van der Waals surface area contributed by atoms with Gasteiger partial charge in [0.2, 0.25) is 20.8 Å². The van der Waals surface area contributed by atoms with Gasteiger partial charge in [-0.3, -0.25) is 8.37 Å². The summed E-state index contributed by atoms with van der Waals surface area (Å²) in [4.78, 5) is 0. The van der Waals surface area contributed by atoms with Crippen LogP contribution in [0.4, 0.5) is 0 Å². The minimum atomic E-state index is -4.60. The van der Waals surface area contributed by atoms with Crippen LogP contribution in [0, 0.1) is 11.8 Å². The molecule has 0 bridgehead atoms. The molecule has 0 heterocycles. The number of unbranched alkanes of at least 4 members (excludes halogenated alkanes) is 30. The van der Waals surface area contributed by atoms with Gasteiger partial charge in [0.15, 0.2) is 0 Å². The predicted molar refractivity (Wildman–Crippen MR) is 251 cm³/mol. The molecule has 0 spiro atoms. The van der Waals surface area contributed by atoms with Crippen molar-refractivity contribution in [3.63, 3.8) is 0 Å². The molecule has 0 saturated heterocycles. The van der Waals surface area contributed by atoms with Crippen molar-refractivity contribution in [1.82, 2.24) is 0 Å². The summed E-state index contributed by atoms with van der Waals surface area (Å²) >= 11 is 0. The Kier molecular flexibility index (Phi) is 53.5. The first kappa shape index (κ1) is 63.8. The summed E-state index contributed by atoms with van der Waals surface area (Å²) in [6.45, 7) is 8.78. The summed E-state index contributed by atoms with van der Waals surface area (Å²) < 4.78 is 73.2. The standard InChI is InChI=1S/2C24H48O4S.Ca/c2*1-3-5-7-9-10-11-12-13-14-15-16-17-18-20-22-24(21-19-8-6-4-2)23-28-29(25,26)27;/h2*19,21,24H,3-18,20,22-23H2,1-2H3,(H,25,26,27);/q;;+2/p-2/b2*21-19+;. The zero-order chi connectivity index (χ0) is 43.3. The van der Waals surface area contributed by atoms with Crippen LogP contribution in [-0.4, -0.2) is 76.9 Å². The van der Waals surface area contributed by atoms with Gasteiger partial charge < -0.3 is 9.11 Å². The Balaban J connectivity index is -0.00000105. The van der Waals surface area contributed by atoms with E-state index in [1.54, 1.807) is 0 Å². The van der Waals surface area contributed by atoms with E-state index in [0.717, 1.165) is 64.2 Å². The third-order valence-corrected chi connectivity index (χ3v) is 11.8. The van der Waals surface area contributed by atoms with Crippen LogP contribution in [0.15, 0.2) is 24.3 Å². The van der Waals surface area contributed by atoms with Gasteiger partial charge in [-0.05, 0) is 25.7 Å². The molecule has 0 radical (unpaired) electrons. The average Bonchev–Trinajstić information content (AvgIpc) is 3.18. The van der Waals surface area contributed by atoms with Crippen LogP contribution >= 0.6 is 0 Å². The van der Waals surface area contributed by atoms with Crippen molar-refractivity contribution in [2.45, 2.75) is 259 Å². The van der Waals surface area contributed by atoms with Gasteiger partial charge >= 0.3 is 37.7 Å². The molecular formula is C48H94CaO8S2. The molecule has 0 aromatic carbocycles. The van der Waals surface area contributed by atoms with Crippen LogP contribution in [0.1, 0.15) is 259 Å². The van der Waals surface area contributed by atoms with Gasteiger partial charge in [0.25, 0.3) is 0 Å². The maximum atomic E-state index is 10.7. The van der Waals surface area contributed by atoms with E-state index in [4.69, 9.17) is 0 Å². The Morgan fingerprint density at radius 1 is 0.373 bits per heavy atom. The molecule has 0 N–H and O–H groups in total. The first-order valence-electron chi connectivity index (χ1n) is 24.5. The van der Waals surface area contributed by atoms with Gasteiger partial charge in [-0.2, -0.15) is 0 Å². The molecule has 0 aromatic heterocycles. The second-order valence-electron chi connectivity index (χ2n) is 16.8. The van der Waals surface area contributed by atoms with Crippen LogP contribution in [0.5, 0.6) is 0 Å². The second kappa shape index (κ2) is 49.5. The summed E-state index contributed by atoms with van der Waals surface area (Å²) in [6, 6.07) is 0. The third-order valence-electron chi connectivity index (χ3n) is 11.0. The molecule has 59 heavy (non-hydrogen) atoms. The van der Waals surface area contributed by atoms with Gasteiger partial charge in [-0.1, -0.05) is 257 Å². The van der Waals surface area contributed by atoms with Crippen molar-refractivity contribution < 1.29 is 34.3 Å². The largest absolute Gasteiger partial charge is 2.00 e. The summed E-state index contributed by atoms with van der Waals surface area (Å²) in [7, 11) is -9.19. The SMILES string of the molecule is CCCC/C=C/C(CCCCCCCCCCCCCCCC)COS(=O)(=O)[O-].CCCC/C=C/C(CCCCCCCCCCCCCCCC)COS(=O)(=O)[O-].[Ca+2]. The summed E-state index contributed by atoms with van der Waals surface area (Å²) in [5.74, 6) is 0.0424. The molecule has 8 nitrogen and oxygen atoms in total. The third kappa shape index (κ3) is 58.5. The van der Waals surface area contributed by atoms with Crippen LogP contribution in [0.2, 0.25) is 0 Å². The molecule has 0 aliphatic rings. The van der Waals surface area contributed by atoms with E-state index in [9.17, 15) is 25.9 Å². The van der Waals surface area contributed by atoms with Crippen LogP contribution in [0.25, 0.3) is 0 Å². The first-order valence-corrected chi connectivity index (χ1v) is 27.2. The van der Waals surface area contributed by atoms with E-state index in [1.807, 2.05) is 12.2 Å². The van der Waals surface area contributed by atoms with E-state index in [1.165, 1.54) is 167 Å². The fourth-order valence-electron chi connectivity index (χ4n) is 7.24. The van der Waals surface area contributed by atoms with Crippen molar-refractivity contribution in [2.75, 3.05) is 13.2 Å². The molecule has 0 aromatic rings. The van der Waals surface area contributed by atoms with E-state index >= 15 is 0 Å². The van der Waals surface area contributed by atoms with E-state index in [-0.39, 0.29) is 62.8 Å². The fourth-order valence-corrected chi connectivity index (χ4v) is 7.92. The number of allylic oxidation sites excluding steroid dienone is 2. The van der Waals surface area contributed by atoms with Gasteiger partial charge in [-0.25, -0.2) is 16.8 Å². The molecule has 0 amide bonds. The van der Waals surface area contributed by atoms with Crippen molar-refractivity contribution >= 4 is 58.5 Å². The van der Waals surface area contributed by atoms with Crippen molar-refractivity contribution in [1.29, 1.82) is 0 Å². The molecular weight excluding hydrogens is 809 g/mol.